The SMILES string of the molecule is CC(C)c1ccc2occ(C3CCN(C)CC3)c2c1. The van der Waals surface area contributed by atoms with Crippen molar-refractivity contribution in [3.63, 3.8) is 0 Å². The van der Waals surface area contributed by atoms with E-state index in [4.69, 9.17) is 4.42 Å². The quantitative estimate of drug-likeness (QED) is 0.794. The Morgan fingerprint density at radius 3 is 2.63 bits per heavy atom. The highest BCUT2D eigenvalue weighted by Gasteiger charge is 2.22. The number of benzene rings is 1. The van der Waals surface area contributed by atoms with Crippen LogP contribution in [0.25, 0.3) is 11.0 Å². The van der Waals surface area contributed by atoms with Crippen molar-refractivity contribution in [2.75, 3.05) is 20.1 Å². The summed E-state index contributed by atoms with van der Waals surface area (Å²) >= 11 is 0. The Bertz CT molecular complexity index is 562. The molecule has 1 aromatic carbocycles. The summed E-state index contributed by atoms with van der Waals surface area (Å²) in [5.74, 6) is 1.24. The van der Waals surface area contributed by atoms with Crippen molar-refractivity contribution < 1.29 is 4.42 Å². The summed E-state index contributed by atoms with van der Waals surface area (Å²) in [5.41, 5.74) is 3.87. The van der Waals surface area contributed by atoms with Gasteiger partial charge >= 0.3 is 0 Å². The van der Waals surface area contributed by atoms with E-state index in [0.29, 0.717) is 11.8 Å². The van der Waals surface area contributed by atoms with Crippen LogP contribution in [0.2, 0.25) is 0 Å². The third kappa shape index (κ3) is 2.42. The zero-order valence-electron chi connectivity index (χ0n) is 12.1. The standard InChI is InChI=1S/C17H23NO/c1-12(2)14-4-5-17-15(10-14)16(11-19-17)13-6-8-18(3)9-7-13/h4-5,10-13H,6-9H2,1-3H3. The van der Waals surface area contributed by atoms with Crippen molar-refractivity contribution in [1.82, 2.24) is 4.90 Å². The van der Waals surface area contributed by atoms with Crippen molar-refractivity contribution in [3.8, 4) is 0 Å². The maximum atomic E-state index is 5.75. The second-order valence-electron chi connectivity index (χ2n) is 6.18. The van der Waals surface area contributed by atoms with Gasteiger partial charge in [-0.2, -0.15) is 0 Å². The van der Waals surface area contributed by atoms with Crippen LogP contribution in [0.15, 0.2) is 28.9 Å². The molecule has 0 spiro atoms. The lowest BCUT2D eigenvalue weighted by Gasteiger charge is -2.28. The number of fused-ring (bicyclic) bond motifs is 1. The van der Waals surface area contributed by atoms with Gasteiger partial charge < -0.3 is 9.32 Å². The van der Waals surface area contributed by atoms with Crippen molar-refractivity contribution in [2.24, 2.45) is 0 Å². The van der Waals surface area contributed by atoms with Gasteiger partial charge in [-0.15, -0.1) is 0 Å². The molecule has 0 N–H and O–H groups in total. The summed E-state index contributed by atoms with van der Waals surface area (Å²) in [4.78, 5) is 2.41. The molecule has 2 heteroatoms. The fraction of sp³-hybridized carbons (Fsp3) is 0.529. The normalized spacial score (nSPS) is 18.5. The van der Waals surface area contributed by atoms with Gasteiger partial charge in [-0.05, 0) is 62.5 Å². The van der Waals surface area contributed by atoms with E-state index in [0.717, 1.165) is 5.58 Å². The van der Waals surface area contributed by atoms with E-state index in [9.17, 15) is 0 Å². The van der Waals surface area contributed by atoms with Crippen LogP contribution in [-0.2, 0) is 0 Å². The molecular weight excluding hydrogens is 234 g/mol. The van der Waals surface area contributed by atoms with Crippen molar-refractivity contribution in [2.45, 2.75) is 38.5 Å². The predicted octanol–water partition coefficient (Wildman–Crippen LogP) is 4.37. The molecule has 0 saturated carbocycles. The van der Waals surface area contributed by atoms with Gasteiger partial charge in [-0.3, -0.25) is 0 Å². The lowest BCUT2D eigenvalue weighted by atomic mass is 9.88. The number of nitrogens with zero attached hydrogens (tertiary/aromatic N) is 1. The summed E-state index contributed by atoms with van der Waals surface area (Å²) in [7, 11) is 2.21. The molecule has 1 aliphatic heterocycles. The van der Waals surface area contributed by atoms with E-state index in [2.05, 4.69) is 44.0 Å². The molecule has 0 aliphatic carbocycles. The first-order valence-corrected chi connectivity index (χ1v) is 7.34. The van der Waals surface area contributed by atoms with Crippen LogP contribution in [0.5, 0.6) is 0 Å². The van der Waals surface area contributed by atoms with E-state index in [1.807, 2.05) is 6.26 Å². The number of rotatable bonds is 2. The molecule has 0 atom stereocenters. The topological polar surface area (TPSA) is 16.4 Å². The highest BCUT2D eigenvalue weighted by molar-refractivity contribution is 5.82. The molecule has 19 heavy (non-hydrogen) atoms. The molecular formula is C17H23NO. The fourth-order valence-electron chi connectivity index (χ4n) is 3.06. The van der Waals surface area contributed by atoms with Crippen molar-refractivity contribution in [3.05, 3.63) is 35.6 Å². The molecule has 0 radical (unpaired) electrons. The van der Waals surface area contributed by atoms with Gasteiger partial charge in [0.15, 0.2) is 0 Å². The van der Waals surface area contributed by atoms with Gasteiger partial charge in [0.05, 0.1) is 6.26 Å². The lowest BCUT2D eigenvalue weighted by molar-refractivity contribution is 0.255. The molecule has 1 saturated heterocycles. The van der Waals surface area contributed by atoms with Gasteiger partial charge in [0.1, 0.15) is 5.58 Å². The summed E-state index contributed by atoms with van der Waals surface area (Å²) in [6, 6.07) is 6.65. The van der Waals surface area contributed by atoms with E-state index in [1.54, 1.807) is 0 Å². The average Bonchev–Trinajstić information content (AvgIpc) is 2.82. The monoisotopic (exact) mass is 257 g/mol. The van der Waals surface area contributed by atoms with Gasteiger partial charge in [0, 0.05) is 10.9 Å². The first kappa shape index (κ1) is 12.7. The number of piperidine rings is 1. The van der Waals surface area contributed by atoms with E-state index in [1.165, 1.54) is 42.4 Å². The van der Waals surface area contributed by atoms with Gasteiger partial charge in [0.25, 0.3) is 0 Å². The zero-order valence-corrected chi connectivity index (χ0v) is 12.1. The summed E-state index contributed by atoms with van der Waals surface area (Å²) in [6.45, 7) is 6.88. The Morgan fingerprint density at radius 2 is 1.95 bits per heavy atom. The highest BCUT2D eigenvalue weighted by atomic mass is 16.3. The van der Waals surface area contributed by atoms with E-state index >= 15 is 0 Å². The van der Waals surface area contributed by atoms with Crippen LogP contribution in [0, 0.1) is 0 Å². The van der Waals surface area contributed by atoms with E-state index in [-0.39, 0.29) is 0 Å². The average molecular weight is 257 g/mol. The maximum absolute atomic E-state index is 5.75. The number of hydrogen-bond donors (Lipinski definition) is 0. The van der Waals surface area contributed by atoms with Crippen molar-refractivity contribution >= 4 is 11.0 Å². The number of likely N-dealkylation sites (tertiary alicyclic amines) is 1. The molecule has 0 bridgehead atoms. The second-order valence-corrected chi connectivity index (χ2v) is 6.18. The Kier molecular flexibility index (Phi) is 3.36. The van der Waals surface area contributed by atoms with Crippen LogP contribution in [0.3, 0.4) is 0 Å². The van der Waals surface area contributed by atoms with E-state index < -0.39 is 0 Å². The van der Waals surface area contributed by atoms with Crippen LogP contribution >= 0.6 is 0 Å². The molecule has 2 aromatic rings. The van der Waals surface area contributed by atoms with Gasteiger partial charge in [-0.25, -0.2) is 0 Å². The Balaban J connectivity index is 1.97. The molecule has 1 aliphatic rings. The minimum atomic E-state index is 0.574. The first-order chi connectivity index (χ1) is 9.15. The molecule has 102 valence electrons. The number of hydrogen-bond acceptors (Lipinski definition) is 2. The minimum absolute atomic E-state index is 0.574. The largest absolute Gasteiger partial charge is 0.464 e. The van der Waals surface area contributed by atoms with Crippen LogP contribution in [0.4, 0.5) is 0 Å². The molecule has 3 rings (SSSR count). The Morgan fingerprint density at radius 1 is 1.21 bits per heavy atom. The zero-order chi connectivity index (χ0) is 13.4. The Hall–Kier alpha value is -1.28. The first-order valence-electron chi connectivity index (χ1n) is 7.34. The molecule has 1 fully saturated rings. The molecule has 1 aromatic heterocycles. The molecule has 0 amide bonds. The maximum Gasteiger partial charge on any atom is 0.134 e. The Labute approximate surface area is 115 Å². The fourth-order valence-corrected chi connectivity index (χ4v) is 3.06. The molecule has 2 nitrogen and oxygen atoms in total. The smallest absolute Gasteiger partial charge is 0.134 e. The van der Waals surface area contributed by atoms with Crippen LogP contribution in [-0.4, -0.2) is 25.0 Å². The third-order valence-electron chi connectivity index (χ3n) is 4.45. The lowest BCUT2D eigenvalue weighted by Crippen LogP contribution is -2.29. The van der Waals surface area contributed by atoms with Gasteiger partial charge in [0.2, 0.25) is 0 Å². The van der Waals surface area contributed by atoms with Crippen LogP contribution in [0.1, 0.15) is 49.7 Å². The number of furan rings is 1. The summed E-state index contributed by atoms with van der Waals surface area (Å²) < 4.78 is 5.75. The highest BCUT2D eigenvalue weighted by Crippen LogP contribution is 2.35. The molecule has 0 unspecified atom stereocenters. The predicted molar refractivity (Wildman–Crippen MR) is 79.8 cm³/mol. The minimum Gasteiger partial charge on any atom is -0.464 e. The van der Waals surface area contributed by atoms with Crippen LogP contribution < -0.4 is 0 Å². The van der Waals surface area contributed by atoms with Gasteiger partial charge in [-0.1, -0.05) is 19.9 Å². The summed E-state index contributed by atoms with van der Waals surface area (Å²) in [6.07, 6.45) is 4.48. The molecule has 2 heterocycles. The van der Waals surface area contributed by atoms with Crippen molar-refractivity contribution in [1.29, 1.82) is 0 Å². The second kappa shape index (κ2) is 5.01. The third-order valence-corrected chi connectivity index (χ3v) is 4.45. The summed E-state index contributed by atoms with van der Waals surface area (Å²) in [5, 5.41) is 1.33.